The van der Waals surface area contributed by atoms with Crippen LogP contribution in [0.4, 0.5) is 13.2 Å². The van der Waals surface area contributed by atoms with E-state index in [0.717, 1.165) is 19.3 Å². The molecule has 22 heavy (non-hydrogen) atoms. The van der Waals surface area contributed by atoms with Crippen molar-refractivity contribution in [3.8, 4) is 0 Å². The van der Waals surface area contributed by atoms with E-state index in [2.05, 4.69) is 5.32 Å². The third-order valence-corrected chi connectivity index (χ3v) is 3.99. The quantitative estimate of drug-likeness (QED) is 0.702. The summed E-state index contributed by atoms with van der Waals surface area (Å²) in [6, 6.07) is 0. The molecule has 3 N–H and O–H groups in total. The fourth-order valence-corrected chi connectivity index (χ4v) is 2.64. The van der Waals surface area contributed by atoms with Crippen LogP contribution in [0.1, 0.15) is 25.7 Å². The van der Waals surface area contributed by atoms with Crippen LogP contribution in [0.15, 0.2) is 0 Å². The molecule has 1 amide bonds. The van der Waals surface area contributed by atoms with Crippen molar-refractivity contribution in [2.75, 3.05) is 39.8 Å². The van der Waals surface area contributed by atoms with Gasteiger partial charge in [-0.3, -0.25) is 9.69 Å². The molecule has 0 aliphatic carbocycles. The van der Waals surface area contributed by atoms with E-state index in [4.69, 9.17) is 10.5 Å². The van der Waals surface area contributed by atoms with Crippen LogP contribution in [0.5, 0.6) is 0 Å². The molecular formula is C14H26F3N3O2. The normalized spacial score (nSPS) is 19.1. The topological polar surface area (TPSA) is 67.6 Å². The van der Waals surface area contributed by atoms with Gasteiger partial charge in [0.25, 0.3) is 0 Å². The van der Waals surface area contributed by atoms with Crippen molar-refractivity contribution in [3.05, 3.63) is 0 Å². The largest absolute Gasteiger partial charge is 0.401 e. The zero-order chi connectivity index (χ0) is 16.6. The summed E-state index contributed by atoms with van der Waals surface area (Å²) in [7, 11) is 1.51. The van der Waals surface area contributed by atoms with Gasteiger partial charge in [-0.05, 0) is 38.3 Å². The molecule has 5 nitrogen and oxygen atoms in total. The number of carbonyl (C=O) groups excluding carboxylic acids is 1. The summed E-state index contributed by atoms with van der Waals surface area (Å²) in [4.78, 5) is 13.1. The molecule has 130 valence electrons. The van der Waals surface area contributed by atoms with Crippen molar-refractivity contribution in [1.82, 2.24) is 10.2 Å². The second-order valence-electron chi connectivity index (χ2n) is 5.77. The first-order chi connectivity index (χ1) is 10.3. The van der Waals surface area contributed by atoms with Crippen molar-refractivity contribution in [1.29, 1.82) is 0 Å². The van der Waals surface area contributed by atoms with Gasteiger partial charge in [-0.1, -0.05) is 0 Å². The van der Waals surface area contributed by atoms with Gasteiger partial charge in [0.15, 0.2) is 0 Å². The zero-order valence-corrected chi connectivity index (χ0v) is 13.0. The number of nitrogens with zero attached hydrogens (tertiary/aromatic N) is 1. The summed E-state index contributed by atoms with van der Waals surface area (Å²) in [6.07, 6.45) is -1.87. The number of carbonyl (C=O) groups is 1. The van der Waals surface area contributed by atoms with Gasteiger partial charge in [0.1, 0.15) is 0 Å². The van der Waals surface area contributed by atoms with Crippen LogP contribution in [-0.4, -0.2) is 62.9 Å². The first-order valence-electron chi connectivity index (χ1n) is 7.62. The van der Waals surface area contributed by atoms with Crippen LogP contribution in [0, 0.1) is 5.92 Å². The maximum atomic E-state index is 12.3. The number of piperidine rings is 1. The van der Waals surface area contributed by atoms with E-state index in [0.29, 0.717) is 32.1 Å². The molecule has 1 rings (SSSR count). The van der Waals surface area contributed by atoms with E-state index in [9.17, 15) is 18.0 Å². The molecule has 0 bridgehead atoms. The van der Waals surface area contributed by atoms with Gasteiger partial charge >= 0.3 is 6.18 Å². The predicted molar refractivity (Wildman–Crippen MR) is 77.3 cm³/mol. The molecule has 1 aliphatic heterocycles. The fourth-order valence-electron chi connectivity index (χ4n) is 2.64. The number of nitrogens with one attached hydrogen (secondary N) is 1. The summed E-state index contributed by atoms with van der Waals surface area (Å²) in [6.45, 7) is 0.952. The van der Waals surface area contributed by atoms with Gasteiger partial charge in [0.2, 0.25) is 5.91 Å². The third-order valence-electron chi connectivity index (χ3n) is 3.99. The van der Waals surface area contributed by atoms with Crippen LogP contribution in [0.2, 0.25) is 0 Å². The summed E-state index contributed by atoms with van der Waals surface area (Å²) in [5.41, 5.74) is 5.44. The Labute approximate surface area is 129 Å². The molecule has 1 aliphatic rings. The number of rotatable bonds is 8. The molecule has 0 aromatic carbocycles. The lowest BCUT2D eigenvalue weighted by molar-refractivity contribution is -0.148. The van der Waals surface area contributed by atoms with Crippen LogP contribution in [0.3, 0.4) is 0 Å². The maximum Gasteiger partial charge on any atom is 0.401 e. The highest BCUT2D eigenvalue weighted by molar-refractivity contribution is 5.76. The van der Waals surface area contributed by atoms with E-state index < -0.39 is 12.7 Å². The van der Waals surface area contributed by atoms with Crippen molar-refractivity contribution < 1.29 is 22.7 Å². The smallest absolute Gasteiger partial charge is 0.380 e. The van der Waals surface area contributed by atoms with E-state index >= 15 is 0 Å². The molecule has 0 spiro atoms. The maximum absolute atomic E-state index is 12.3. The van der Waals surface area contributed by atoms with Crippen LogP contribution in [0.25, 0.3) is 0 Å². The summed E-state index contributed by atoms with van der Waals surface area (Å²) in [5.74, 6) is 0.268. The number of nitrogens with two attached hydrogens (primary N) is 1. The standard InChI is InChI=1S/C14H26F3N3O2/c1-22-12(9-18)8-13(21)19-5-2-11-3-6-20(7-4-11)10-14(15,16)17/h11-12H,2-10,18H2,1H3,(H,19,21). The predicted octanol–water partition coefficient (Wildman–Crippen LogP) is 1.13. The van der Waals surface area contributed by atoms with Crippen LogP contribution < -0.4 is 11.1 Å². The summed E-state index contributed by atoms with van der Waals surface area (Å²) >= 11 is 0. The van der Waals surface area contributed by atoms with E-state index in [-0.39, 0.29) is 18.4 Å². The van der Waals surface area contributed by atoms with Gasteiger partial charge in [0, 0.05) is 20.2 Å². The minimum atomic E-state index is -4.12. The number of alkyl halides is 3. The number of methoxy groups -OCH3 is 1. The Morgan fingerprint density at radius 3 is 2.55 bits per heavy atom. The zero-order valence-electron chi connectivity index (χ0n) is 13.0. The lowest BCUT2D eigenvalue weighted by Gasteiger charge is -2.32. The van der Waals surface area contributed by atoms with Gasteiger partial charge in [-0.2, -0.15) is 13.2 Å². The number of likely N-dealkylation sites (tertiary alicyclic amines) is 1. The minimum absolute atomic E-state index is 0.105. The molecule has 0 aromatic heterocycles. The summed E-state index contributed by atoms with van der Waals surface area (Å²) < 4.78 is 41.9. The second kappa shape index (κ2) is 9.32. The molecule has 1 fully saturated rings. The Kier molecular flexibility index (Phi) is 8.13. The molecule has 0 saturated carbocycles. The highest BCUT2D eigenvalue weighted by atomic mass is 19.4. The minimum Gasteiger partial charge on any atom is -0.380 e. The molecule has 1 unspecified atom stereocenters. The van der Waals surface area contributed by atoms with E-state index in [1.165, 1.54) is 12.0 Å². The van der Waals surface area contributed by atoms with E-state index in [1.807, 2.05) is 0 Å². The van der Waals surface area contributed by atoms with Gasteiger partial charge < -0.3 is 15.8 Å². The Bertz CT molecular complexity index is 328. The van der Waals surface area contributed by atoms with Crippen molar-refractivity contribution in [2.45, 2.75) is 38.0 Å². The SMILES string of the molecule is COC(CN)CC(=O)NCCC1CCN(CC(F)(F)F)CC1. The van der Waals surface area contributed by atoms with E-state index in [1.54, 1.807) is 0 Å². The number of hydrogen-bond acceptors (Lipinski definition) is 4. The van der Waals surface area contributed by atoms with Gasteiger partial charge in [-0.15, -0.1) is 0 Å². The highest BCUT2D eigenvalue weighted by Crippen LogP contribution is 2.23. The number of amides is 1. The molecule has 1 saturated heterocycles. The highest BCUT2D eigenvalue weighted by Gasteiger charge is 2.32. The molecule has 0 radical (unpaired) electrons. The fraction of sp³-hybridized carbons (Fsp3) is 0.929. The first-order valence-corrected chi connectivity index (χ1v) is 7.62. The van der Waals surface area contributed by atoms with Gasteiger partial charge in [-0.25, -0.2) is 0 Å². The second-order valence-corrected chi connectivity index (χ2v) is 5.77. The Morgan fingerprint density at radius 2 is 2.05 bits per heavy atom. The number of ether oxygens (including phenoxy) is 1. The molecule has 0 aromatic rings. The summed E-state index contributed by atoms with van der Waals surface area (Å²) in [5, 5.41) is 2.81. The lowest BCUT2D eigenvalue weighted by Crippen LogP contribution is -2.40. The Hall–Kier alpha value is -0.860. The molecule has 1 heterocycles. The monoisotopic (exact) mass is 325 g/mol. The van der Waals surface area contributed by atoms with Crippen molar-refractivity contribution in [2.24, 2.45) is 11.7 Å². The molecule has 1 atom stereocenters. The average Bonchev–Trinajstić information content (AvgIpc) is 2.45. The van der Waals surface area contributed by atoms with Crippen molar-refractivity contribution >= 4 is 5.91 Å². The van der Waals surface area contributed by atoms with Crippen LogP contribution in [-0.2, 0) is 9.53 Å². The molecule has 8 heteroatoms. The first kappa shape index (κ1) is 19.2. The van der Waals surface area contributed by atoms with Crippen molar-refractivity contribution in [3.63, 3.8) is 0 Å². The lowest BCUT2D eigenvalue weighted by atomic mass is 9.93. The van der Waals surface area contributed by atoms with Gasteiger partial charge in [0.05, 0.1) is 19.1 Å². The third kappa shape index (κ3) is 7.95. The van der Waals surface area contributed by atoms with Crippen LogP contribution >= 0.6 is 0 Å². The Morgan fingerprint density at radius 1 is 1.41 bits per heavy atom. The number of halogens is 3. The Balaban J connectivity index is 2.13. The average molecular weight is 325 g/mol. The molecular weight excluding hydrogens is 299 g/mol. The number of hydrogen-bond donors (Lipinski definition) is 2.